The first-order valence-electron chi connectivity index (χ1n) is 11.7. The van der Waals surface area contributed by atoms with Crippen molar-refractivity contribution in [3.63, 3.8) is 0 Å². The molecule has 0 aromatic carbocycles. The van der Waals surface area contributed by atoms with E-state index in [0.717, 1.165) is 0 Å². The van der Waals surface area contributed by atoms with Crippen LogP contribution in [0.5, 0.6) is 0 Å². The van der Waals surface area contributed by atoms with Crippen LogP contribution in [0.2, 0.25) is 0 Å². The van der Waals surface area contributed by atoms with Crippen molar-refractivity contribution in [1.29, 1.82) is 0 Å². The Hall–Kier alpha value is -4.74. The molecule has 4 atom stereocenters. The molecule has 0 radical (unpaired) electrons. The standard InChI is InChI=1S/C21H33N9O9/c22-11(6-10-8-25-9-27-10)17(35)28-12(3-4-15(31)32)18(36)30-14(7-16(33)34)19(37)29-13(20(38)39)2-1-5-26-21(23)24/h8-9,11-14H,1-7,22H2,(H,25,27)(H,28,35)(H,29,37)(H,30,36)(H,31,32)(H,33,34)(H,38,39)(H4,23,24,26). The predicted octanol–water partition coefficient (Wildman–Crippen LogP) is -3.79. The number of rotatable bonds is 18. The molecule has 0 aliphatic rings. The molecule has 0 bridgehead atoms. The first kappa shape index (κ1) is 32.3. The van der Waals surface area contributed by atoms with Crippen LogP contribution in [0.3, 0.4) is 0 Å². The van der Waals surface area contributed by atoms with Crippen LogP contribution < -0.4 is 33.2 Å². The highest BCUT2D eigenvalue weighted by atomic mass is 16.4. The smallest absolute Gasteiger partial charge is 0.326 e. The van der Waals surface area contributed by atoms with Crippen LogP contribution in [0.15, 0.2) is 17.5 Å². The molecule has 0 spiro atoms. The van der Waals surface area contributed by atoms with Crippen molar-refractivity contribution in [2.45, 2.75) is 62.7 Å². The molecule has 18 heteroatoms. The number of H-pyrrole nitrogens is 1. The number of carboxylic acids is 3. The van der Waals surface area contributed by atoms with Crippen LogP contribution >= 0.6 is 0 Å². The summed E-state index contributed by atoms with van der Waals surface area (Å²) in [5.41, 5.74) is 16.8. The lowest BCUT2D eigenvalue weighted by molar-refractivity contribution is -0.143. The Morgan fingerprint density at radius 2 is 1.51 bits per heavy atom. The van der Waals surface area contributed by atoms with Crippen LogP contribution in [0.25, 0.3) is 0 Å². The van der Waals surface area contributed by atoms with Crippen molar-refractivity contribution in [3.8, 4) is 0 Å². The van der Waals surface area contributed by atoms with Gasteiger partial charge >= 0.3 is 17.9 Å². The van der Waals surface area contributed by atoms with Crippen LogP contribution in [-0.2, 0) is 35.2 Å². The Balaban J connectivity index is 2.96. The van der Waals surface area contributed by atoms with Gasteiger partial charge in [-0.05, 0) is 19.3 Å². The molecular formula is C21H33N9O9. The van der Waals surface area contributed by atoms with Gasteiger partial charge in [-0.2, -0.15) is 0 Å². The van der Waals surface area contributed by atoms with Crippen molar-refractivity contribution in [3.05, 3.63) is 18.2 Å². The van der Waals surface area contributed by atoms with Gasteiger partial charge in [0.15, 0.2) is 5.96 Å². The maximum absolute atomic E-state index is 12.9. The van der Waals surface area contributed by atoms with E-state index in [9.17, 15) is 39.0 Å². The molecule has 0 aliphatic carbocycles. The van der Waals surface area contributed by atoms with E-state index in [0.29, 0.717) is 5.69 Å². The summed E-state index contributed by atoms with van der Waals surface area (Å²) in [7, 11) is 0. The summed E-state index contributed by atoms with van der Waals surface area (Å²) in [6, 6.07) is -5.86. The third-order valence-corrected chi connectivity index (χ3v) is 5.18. The third kappa shape index (κ3) is 12.9. The van der Waals surface area contributed by atoms with Crippen LogP contribution in [0.4, 0.5) is 0 Å². The van der Waals surface area contributed by atoms with Crippen molar-refractivity contribution in [1.82, 2.24) is 25.9 Å². The molecule has 216 valence electrons. The molecule has 1 aromatic rings. The minimum atomic E-state index is -1.75. The van der Waals surface area contributed by atoms with Crippen molar-refractivity contribution in [2.24, 2.45) is 22.2 Å². The summed E-state index contributed by atoms with van der Waals surface area (Å²) in [5.74, 6) is -7.43. The van der Waals surface area contributed by atoms with Gasteiger partial charge in [-0.1, -0.05) is 0 Å². The molecule has 0 saturated heterocycles. The Bertz CT molecular complexity index is 1040. The number of hydrogen-bond acceptors (Lipinski definition) is 9. The molecular weight excluding hydrogens is 522 g/mol. The highest BCUT2D eigenvalue weighted by Crippen LogP contribution is 2.05. The normalized spacial score (nSPS) is 13.7. The van der Waals surface area contributed by atoms with Gasteiger partial charge in [0.1, 0.15) is 18.1 Å². The van der Waals surface area contributed by atoms with Gasteiger partial charge in [0, 0.05) is 31.3 Å². The maximum Gasteiger partial charge on any atom is 0.326 e. The van der Waals surface area contributed by atoms with E-state index in [4.69, 9.17) is 22.3 Å². The van der Waals surface area contributed by atoms with E-state index in [2.05, 4.69) is 30.9 Å². The van der Waals surface area contributed by atoms with E-state index in [1.807, 2.05) is 0 Å². The zero-order chi connectivity index (χ0) is 29.5. The quantitative estimate of drug-likeness (QED) is 0.0472. The second kappa shape index (κ2) is 16.2. The van der Waals surface area contributed by atoms with Crippen LogP contribution in [-0.4, -0.2) is 97.6 Å². The average Bonchev–Trinajstić information content (AvgIpc) is 3.35. The number of imidazole rings is 1. The number of aliphatic imine (C=N–C) groups is 1. The number of aromatic nitrogens is 2. The highest BCUT2D eigenvalue weighted by molar-refractivity contribution is 5.95. The van der Waals surface area contributed by atoms with Crippen molar-refractivity contribution in [2.75, 3.05) is 6.54 Å². The van der Waals surface area contributed by atoms with E-state index in [-0.39, 0.29) is 31.8 Å². The molecule has 13 N–H and O–H groups in total. The molecule has 39 heavy (non-hydrogen) atoms. The zero-order valence-corrected chi connectivity index (χ0v) is 20.8. The number of hydrogen-bond donors (Lipinski definition) is 10. The average molecular weight is 556 g/mol. The fourth-order valence-electron chi connectivity index (χ4n) is 3.23. The van der Waals surface area contributed by atoms with Gasteiger partial charge in [0.05, 0.1) is 18.8 Å². The summed E-state index contributed by atoms with van der Waals surface area (Å²) in [4.78, 5) is 82.4. The lowest BCUT2D eigenvalue weighted by Crippen LogP contribution is -2.57. The molecule has 1 rings (SSSR count). The van der Waals surface area contributed by atoms with E-state index >= 15 is 0 Å². The molecule has 0 fully saturated rings. The number of nitrogens with two attached hydrogens (primary N) is 3. The fraction of sp³-hybridized carbons (Fsp3) is 0.524. The van der Waals surface area contributed by atoms with Gasteiger partial charge in [-0.25, -0.2) is 9.78 Å². The first-order chi connectivity index (χ1) is 18.3. The summed E-state index contributed by atoms with van der Waals surface area (Å²) in [5, 5.41) is 34.2. The number of carbonyl (C=O) groups excluding carboxylic acids is 3. The highest BCUT2D eigenvalue weighted by Gasteiger charge is 2.32. The number of nitrogens with zero attached hydrogens (tertiary/aromatic N) is 2. The van der Waals surface area contributed by atoms with E-state index in [1.165, 1.54) is 12.5 Å². The number of carboxylic acid groups (broad SMARTS) is 3. The fourth-order valence-corrected chi connectivity index (χ4v) is 3.23. The van der Waals surface area contributed by atoms with E-state index < -0.39 is 79.1 Å². The van der Waals surface area contributed by atoms with E-state index in [1.54, 1.807) is 0 Å². The molecule has 1 aromatic heterocycles. The summed E-state index contributed by atoms with van der Waals surface area (Å²) < 4.78 is 0. The second-order valence-corrected chi connectivity index (χ2v) is 8.39. The second-order valence-electron chi connectivity index (χ2n) is 8.39. The molecule has 0 saturated carbocycles. The third-order valence-electron chi connectivity index (χ3n) is 5.18. The minimum Gasteiger partial charge on any atom is -0.481 e. The van der Waals surface area contributed by atoms with Crippen LogP contribution in [0.1, 0.15) is 37.8 Å². The van der Waals surface area contributed by atoms with Gasteiger partial charge < -0.3 is 53.5 Å². The predicted molar refractivity (Wildman–Crippen MR) is 133 cm³/mol. The number of nitrogens with one attached hydrogen (secondary N) is 4. The molecule has 3 amide bonds. The molecule has 0 aliphatic heterocycles. The van der Waals surface area contributed by atoms with Gasteiger partial charge in [-0.15, -0.1) is 0 Å². The molecule has 4 unspecified atom stereocenters. The number of aromatic amines is 1. The largest absolute Gasteiger partial charge is 0.481 e. The number of guanidine groups is 1. The zero-order valence-electron chi connectivity index (χ0n) is 20.8. The van der Waals surface area contributed by atoms with Crippen LogP contribution in [0, 0.1) is 0 Å². The Morgan fingerprint density at radius 3 is 2.05 bits per heavy atom. The molecule has 18 nitrogen and oxygen atoms in total. The maximum atomic E-state index is 12.9. The lowest BCUT2D eigenvalue weighted by atomic mass is 10.1. The monoisotopic (exact) mass is 555 g/mol. The Labute approximate surface area is 221 Å². The number of aliphatic carboxylic acids is 3. The number of carbonyl (C=O) groups is 6. The summed E-state index contributed by atoms with van der Waals surface area (Å²) in [6.07, 6.45) is 0.969. The summed E-state index contributed by atoms with van der Waals surface area (Å²) in [6.45, 7) is 0.0741. The Kier molecular flexibility index (Phi) is 13.4. The molecule has 1 heterocycles. The number of amides is 3. The van der Waals surface area contributed by atoms with Gasteiger partial charge in [-0.3, -0.25) is 29.0 Å². The Morgan fingerprint density at radius 1 is 0.897 bits per heavy atom. The first-order valence-corrected chi connectivity index (χ1v) is 11.7. The lowest BCUT2D eigenvalue weighted by Gasteiger charge is -2.24. The summed E-state index contributed by atoms with van der Waals surface area (Å²) >= 11 is 0. The minimum absolute atomic E-state index is 0.0168. The van der Waals surface area contributed by atoms with Crippen molar-refractivity contribution >= 4 is 41.6 Å². The van der Waals surface area contributed by atoms with Gasteiger partial charge in [0.2, 0.25) is 17.7 Å². The topological polar surface area (TPSA) is 318 Å². The van der Waals surface area contributed by atoms with Gasteiger partial charge in [0.25, 0.3) is 0 Å². The SMILES string of the molecule is NC(N)=NCCCC(NC(=O)C(CC(=O)O)NC(=O)C(CCC(=O)O)NC(=O)C(N)Cc1cnc[nH]1)C(=O)O. The van der Waals surface area contributed by atoms with Crippen molar-refractivity contribution < 1.29 is 44.1 Å².